The van der Waals surface area contributed by atoms with Crippen molar-refractivity contribution < 1.29 is 23.5 Å². The van der Waals surface area contributed by atoms with Crippen LogP contribution in [0.3, 0.4) is 0 Å². The molecule has 0 fully saturated rings. The van der Waals surface area contributed by atoms with Crippen LogP contribution < -0.4 is 5.63 Å². The maximum atomic E-state index is 11.7. The molecule has 19 heavy (non-hydrogen) atoms. The van der Waals surface area contributed by atoms with E-state index in [0.29, 0.717) is 19.3 Å². The van der Waals surface area contributed by atoms with Gasteiger partial charge in [0.15, 0.2) is 0 Å². The standard InChI is InChI=1S/C13H16O6/c1-9-10(6-7-12(15)19-9)13(16)18-8-4-3-5-11(14)17-2/h6-7H,3-5,8H2,1-2H3. The van der Waals surface area contributed by atoms with Crippen LogP contribution in [-0.4, -0.2) is 25.7 Å². The highest BCUT2D eigenvalue weighted by Gasteiger charge is 2.12. The second kappa shape index (κ2) is 7.35. The third-order valence-electron chi connectivity index (χ3n) is 2.48. The van der Waals surface area contributed by atoms with Crippen LogP contribution in [-0.2, 0) is 14.3 Å². The molecule has 6 heteroatoms. The summed E-state index contributed by atoms with van der Waals surface area (Å²) in [5, 5.41) is 0. The lowest BCUT2D eigenvalue weighted by Crippen LogP contribution is -2.11. The number of aryl methyl sites for hydroxylation is 1. The Morgan fingerprint density at radius 2 is 2.00 bits per heavy atom. The van der Waals surface area contributed by atoms with Crippen molar-refractivity contribution in [3.05, 3.63) is 33.9 Å². The van der Waals surface area contributed by atoms with Crippen LogP contribution in [0.1, 0.15) is 35.4 Å². The Labute approximate surface area is 110 Å². The van der Waals surface area contributed by atoms with E-state index < -0.39 is 11.6 Å². The lowest BCUT2D eigenvalue weighted by atomic mass is 10.2. The number of carbonyl (C=O) groups excluding carboxylic acids is 2. The van der Waals surface area contributed by atoms with E-state index >= 15 is 0 Å². The van der Waals surface area contributed by atoms with Gasteiger partial charge >= 0.3 is 17.6 Å². The smallest absolute Gasteiger partial charge is 0.341 e. The van der Waals surface area contributed by atoms with E-state index in [1.165, 1.54) is 26.2 Å². The van der Waals surface area contributed by atoms with Gasteiger partial charge in [-0.2, -0.15) is 0 Å². The molecule has 1 aromatic rings. The molecule has 0 amide bonds. The lowest BCUT2D eigenvalue weighted by molar-refractivity contribution is -0.140. The zero-order chi connectivity index (χ0) is 14.3. The minimum absolute atomic E-state index is 0.203. The fraction of sp³-hybridized carbons (Fsp3) is 0.462. The van der Waals surface area contributed by atoms with E-state index in [2.05, 4.69) is 4.74 Å². The minimum Gasteiger partial charge on any atom is -0.469 e. The summed E-state index contributed by atoms with van der Waals surface area (Å²) < 4.78 is 14.3. The number of esters is 2. The summed E-state index contributed by atoms with van der Waals surface area (Å²) in [5.41, 5.74) is -0.278. The van der Waals surface area contributed by atoms with Gasteiger partial charge in [-0.05, 0) is 25.8 Å². The fourth-order valence-electron chi connectivity index (χ4n) is 1.44. The Kier molecular flexibility index (Phi) is 5.78. The quantitative estimate of drug-likeness (QED) is 0.573. The average molecular weight is 268 g/mol. The Bertz CT molecular complexity index is 502. The van der Waals surface area contributed by atoms with Crippen molar-refractivity contribution in [1.82, 2.24) is 0 Å². The van der Waals surface area contributed by atoms with Crippen molar-refractivity contribution in [3.8, 4) is 0 Å². The molecule has 0 saturated carbocycles. The van der Waals surface area contributed by atoms with Crippen molar-refractivity contribution in [1.29, 1.82) is 0 Å². The molecule has 0 N–H and O–H groups in total. The van der Waals surface area contributed by atoms with E-state index in [9.17, 15) is 14.4 Å². The maximum absolute atomic E-state index is 11.7. The molecule has 1 rings (SSSR count). The first-order valence-corrected chi connectivity index (χ1v) is 5.89. The van der Waals surface area contributed by atoms with Gasteiger partial charge in [-0.15, -0.1) is 0 Å². The van der Waals surface area contributed by atoms with Crippen LogP contribution in [0, 0.1) is 6.92 Å². The molecule has 0 atom stereocenters. The summed E-state index contributed by atoms with van der Waals surface area (Å²) in [6.07, 6.45) is 1.45. The second-order valence-corrected chi connectivity index (χ2v) is 3.89. The highest BCUT2D eigenvalue weighted by Crippen LogP contribution is 2.07. The maximum Gasteiger partial charge on any atom is 0.341 e. The van der Waals surface area contributed by atoms with Crippen molar-refractivity contribution >= 4 is 11.9 Å². The van der Waals surface area contributed by atoms with Crippen LogP contribution in [0.4, 0.5) is 0 Å². The van der Waals surface area contributed by atoms with Gasteiger partial charge in [0.05, 0.1) is 19.3 Å². The largest absolute Gasteiger partial charge is 0.469 e. The molecule has 0 aliphatic carbocycles. The first-order valence-electron chi connectivity index (χ1n) is 5.89. The van der Waals surface area contributed by atoms with Crippen molar-refractivity contribution in [2.75, 3.05) is 13.7 Å². The number of ether oxygens (including phenoxy) is 2. The summed E-state index contributed by atoms with van der Waals surface area (Å²) in [6.45, 7) is 1.73. The molecule has 0 saturated heterocycles. The summed E-state index contributed by atoms with van der Waals surface area (Å²) in [4.78, 5) is 33.4. The first-order chi connectivity index (χ1) is 9.04. The monoisotopic (exact) mass is 268 g/mol. The van der Waals surface area contributed by atoms with Crippen LogP contribution in [0.25, 0.3) is 0 Å². The van der Waals surface area contributed by atoms with Gasteiger partial charge in [0, 0.05) is 12.5 Å². The molecular formula is C13H16O6. The number of rotatable bonds is 6. The molecule has 0 spiro atoms. The van der Waals surface area contributed by atoms with Crippen LogP contribution in [0.2, 0.25) is 0 Å². The normalized spacial score (nSPS) is 10.0. The summed E-state index contributed by atoms with van der Waals surface area (Å²) in [6, 6.07) is 2.54. The van der Waals surface area contributed by atoms with Gasteiger partial charge in [-0.1, -0.05) is 0 Å². The number of carbonyl (C=O) groups is 2. The van der Waals surface area contributed by atoms with Crippen LogP contribution in [0.5, 0.6) is 0 Å². The molecule has 0 aliphatic heterocycles. The van der Waals surface area contributed by atoms with Gasteiger partial charge in [0.25, 0.3) is 0 Å². The molecule has 0 bridgehead atoms. The number of hydrogen-bond donors (Lipinski definition) is 0. The Hall–Kier alpha value is -2.11. The zero-order valence-corrected chi connectivity index (χ0v) is 10.9. The van der Waals surface area contributed by atoms with E-state index in [1.54, 1.807) is 0 Å². The molecule has 1 heterocycles. The Morgan fingerprint density at radius 3 is 2.63 bits per heavy atom. The second-order valence-electron chi connectivity index (χ2n) is 3.89. The minimum atomic E-state index is -0.542. The van der Waals surface area contributed by atoms with Gasteiger partial charge < -0.3 is 13.9 Å². The third kappa shape index (κ3) is 4.95. The van der Waals surface area contributed by atoms with Gasteiger partial charge in [-0.25, -0.2) is 9.59 Å². The van der Waals surface area contributed by atoms with Crippen molar-refractivity contribution in [3.63, 3.8) is 0 Å². The van der Waals surface area contributed by atoms with Gasteiger partial charge in [0.1, 0.15) is 5.76 Å². The molecule has 6 nitrogen and oxygen atoms in total. The Balaban J connectivity index is 2.35. The molecule has 0 unspecified atom stereocenters. The molecule has 104 valence electrons. The van der Waals surface area contributed by atoms with Gasteiger partial charge in [0.2, 0.25) is 0 Å². The number of unbranched alkanes of at least 4 members (excludes halogenated alkanes) is 1. The highest BCUT2D eigenvalue weighted by molar-refractivity contribution is 5.90. The molecule has 1 aromatic heterocycles. The van der Waals surface area contributed by atoms with Crippen LogP contribution in [0.15, 0.2) is 21.3 Å². The number of methoxy groups -OCH3 is 1. The molecule has 0 radical (unpaired) electrons. The molecule has 0 aromatic carbocycles. The summed E-state index contributed by atoms with van der Waals surface area (Å²) >= 11 is 0. The van der Waals surface area contributed by atoms with Gasteiger partial charge in [-0.3, -0.25) is 4.79 Å². The fourth-order valence-corrected chi connectivity index (χ4v) is 1.44. The Morgan fingerprint density at radius 1 is 1.26 bits per heavy atom. The average Bonchev–Trinajstić information content (AvgIpc) is 2.37. The highest BCUT2D eigenvalue weighted by atomic mass is 16.5. The van der Waals surface area contributed by atoms with Crippen LogP contribution >= 0.6 is 0 Å². The molecule has 0 aliphatic rings. The summed E-state index contributed by atoms with van der Waals surface area (Å²) in [5.74, 6) is -0.599. The zero-order valence-electron chi connectivity index (χ0n) is 10.9. The lowest BCUT2D eigenvalue weighted by Gasteiger charge is -2.05. The predicted octanol–water partition coefficient (Wildman–Crippen LogP) is 1.45. The van der Waals surface area contributed by atoms with E-state index in [1.807, 2.05) is 0 Å². The molecular weight excluding hydrogens is 252 g/mol. The SMILES string of the molecule is COC(=O)CCCCOC(=O)c1ccc(=O)oc1C. The predicted molar refractivity (Wildman–Crippen MR) is 65.9 cm³/mol. The topological polar surface area (TPSA) is 82.8 Å². The van der Waals surface area contributed by atoms with E-state index in [4.69, 9.17) is 9.15 Å². The van der Waals surface area contributed by atoms with E-state index in [-0.39, 0.29) is 23.9 Å². The third-order valence-corrected chi connectivity index (χ3v) is 2.48. The van der Waals surface area contributed by atoms with Crippen molar-refractivity contribution in [2.45, 2.75) is 26.2 Å². The van der Waals surface area contributed by atoms with Crippen molar-refractivity contribution in [2.24, 2.45) is 0 Å². The number of hydrogen-bond acceptors (Lipinski definition) is 6. The first kappa shape index (κ1) is 14.9. The summed E-state index contributed by atoms with van der Waals surface area (Å²) in [7, 11) is 1.33. The van der Waals surface area contributed by atoms with E-state index in [0.717, 1.165) is 0 Å².